The first kappa shape index (κ1) is 14.5. The molecule has 8 nitrogen and oxygen atoms in total. The van der Waals surface area contributed by atoms with Crippen LogP contribution in [-0.4, -0.2) is 35.5 Å². The van der Waals surface area contributed by atoms with Gasteiger partial charge in [-0.05, 0) is 29.6 Å². The number of amides is 1. The highest BCUT2D eigenvalue weighted by atomic mass is 32.1. The molecule has 4 aromatic heterocycles. The van der Waals surface area contributed by atoms with Crippen LogP contribution < -0.4 is 5.32 Å². The molecule has 4 aromatic rings. The van der Waals surface area contributed by atoms with Gasteiger partial charge in [-0.15, -0.1) is 10.2 Å². The molecule has 0 aliphatic heterocycles. The van der Waals surface area contributed by atoms with Gasteiger partial charge in [-0.1, -0.05) is 0 Å². The Bertz CT molecular complexity index is 1000. The van der Waals surface area contributed by atoms with Crippen LogP contribution in [0, 0.1) is 0 Å². The van der Waals surface area contributed by atoms with Crippen LogP contribution in [0.1, 0.15) is 16.3 Å². The van der Waals surface area contributed by atoms with Gasteiger partial charge in [0.1, 0.15) is 5.69 Å². The molecule has 4 heterocycles. The molecule has 0 saturated carbocycles. The molecule has 0 aliphatic rings. The van der Waals surface area contributed by atoms with Crippen molar-refractivity contribution in [2.75, 3.05) is 0 Å². The van der Waals surface area contributed by atoms with Gasteiger partial charge in [-0.25, -0.2) is 0 Å². The molecule has 0 radical (unpaired) electrons. The number of nitrogens with one attached hydrogen (secondary N) is 1. The first-order valence-corrected chi connectivity index (χ1v) is 8.17. The molecule has 0 aliphatic carbocycles. The molecule has 0 atom stereocenters. The number of rotatable bonds is 4. The van der Waals surface area contributed by atoms with Gasteiger partial charge in [0.25, 0.3) is 5.91 Å². The molecule has 1 N–H and O–H groups in total. The maximum atomic E-state index is 12.2. The van der Waals surface area contributed by atoms with E-state index in [9.17, 15) is 4.79 Å². The standard InChI is InChI=1S/C15H13N7OS/c1-21-12(4-6-17-21)15(23)16-8-14-19-18-13-3-2-11(20-22(13)14)10-5-7-24-9-10/h2-7,9H,8H2,1H3,(H,16,23). The summed E-state index contributed by atoms with van der Waals surface area (Å²) in [6, 6.07) is 7.43. The van der Waals surface area contributed by atoms with Gasteiger partial charge in [-0.2, -0.15) is 26.0 Å². The predicted octanol–water partition coefficient (Wildman–Crippen LogP) is 1.52. The van der Waals surface area contributed by atoms with E-state index in [2.05, 4.69) is 25.7 Å². The summed E-state index contributed by atoms with van der Waals surface area (Å²) in [5.41, 5.74) is 3.00. The number of carbonyl (C=O) groups excluding carboxylic acids is 1. The van der Waals surface area contributed by atoms with E-state index in [1.54, 1.807) is 35.2 Å². The van der Waals surface area contributed by atoms with Crippen molar-refractivity contribution in [3.63, 3.8) is 0 Å². The number of thiophene rings is 1. The highest BCUT2D eigenvalue weighted by Gasteiger charge is 2.13. The van der Waals surface area contributed by atoms with Crippen LogP contribution in [0.2, 0.25) is 0 Å². The van der Waals surface area contributed by atoms with E-state index in [0.717, 1.165) is 11.3 Å². The summed E-state index contributed by atoms with van der Waals surface area (Å²) >= 11 is 1.61. The molecule has 1 amide bonds. The van der Waals surface area contributed by atoms with E-state index >= 15 is 0 Å². The molecule has 0 fully saturated rings. The zero-order valence-corrected chi connectivity index (χ0v) is 13.6. The first-order valence-electron chi connectivity index (χ1n) is 7.22. The van der Waals surface area contributed by atoms with Gasteiger partial charge in [0.2, 0.25) is 0 Å². The van der Waals surface area contributed by atoms with Crippen molar-refractivity contribution in [2.45, 2.75) is 6.54 Å². The van der Waals surface area contributed by atoms with Crippen molar-refractivity contribution in [2.24, 2.45) is 7.05 Å². The van der Waals surface area contributed by atoms with Crippen molar-refractivity contribution < 1.29 is 4.79 Å². The largest absolute Gasteiger partial charge is 0.343 e. The van der Waals surface area contributed by atoms with Crippen LogP contribution in [-0.2, 0) is 13.6 Å². The van der Waals surface area contributed by atoms with Gasteiger partial charge < -0.3 is 5.32 Å². The van der Waals surface area contributed by atoms with Crippen molar-refractivity contribution in [1.29, 1.82) is 0 Å². The Kier molecular flexibility index (Phi) is 3.54. The SMILES string of the molecule is Cn1nccc1C(=O)NCc1nnc2ccc(-c3ccsc3)nn12. The molecular weight excluding hydrogens is 326 g/mol. The second kappa shape index (κ2) is 5.85. The van der Waals surface area contributed by atoms with Crippen molar-refractivity contribution in [3.05, 3.63) is 52.7 Å². The third-order valence-electron chi connectivity index (χ3n) is 3.60. The molecule has 4 rings (SSSR count). The normalized spacial score (nSPS) is 11.0. The minimum absolute atomic E-state index is 0.222. The number of hydrogen-bond donors (Lipinski definition) is 1. The lowest BCUT2D eigenvalue weighted by atomic mass is 10.2. The minimum Gasteiger partial charge on any atom is -0.343 e. The highest BCUT2D eigenvalue weighted by molar-refractivity contribution is 7.08. The average Bonchev–Trinajstić information content (AvgIpc) is 3.33. The number of fused-ring (bicyclic) bond motifs is 1. The lowest BCUT2D eigenvalue weighted by molar-refractivity contribution is 0.0940. The summed E-state index contributed by atoms with van der Waals surface area (Å²) in [5.74, 6) is 0.346. The van der Waals surface area contributed by atoms with Gasteiger partial charge in [0.15, 0.2) is 11.5 Å². The first-order chi connectivity index (χ1) is 11.7. The molecule has 0 spiro atoms. The Morgan fingerprint density at radius 3 is 2.92 bits per heavy atom. The van der Waals surface area contributed by atoms with E-state index in [1.807, 2.05) is 29.0 Å². The van der Waals surface area contributed by atoms with Crippen molar-refractivity contribution in [3.8, 4) is 11.3 Å². The Morgan fingerprint density at radius 2 is 2.17 bits per heavy atom. The van der Waals surface area contributed by atoms with Crippen LogP contribution in [0.4, 0.5) is 0 Å². The van der Waals surface area contributed by atoms with Gasteiger partial charge in [0, 0.05) is 24.2 Å². The highest BCUT2D eigenvalue weighted by Crippen LogP contribution is 2.20. The second-order valence-electron chi connectivity index (χ2n) is 5.14. The topological polar surface area (TPSA) is 90.0 Å². The van der Waals surface area contributed by atoms with Gasteiger partial charge in [0.05, 0.1) is 12.2 Å². The summed E-state index contributed by atoms with van der Waals surface area (Å²) in [6.45, 7) is 0.227. The Labute approximate surface area is 140 Å². The third-order valence-corrected chi connectivity index (χ3v) is 4.29. The van der Waals surface area contributed by atoms with Crippen molar-refractivity contribution >= 4 is 22.9 Å². The van der Waals surface area contributed by atoms with Crippen LogP contribution in [0.3, 0.4) is 0 Å². The van der Waals surface area contributed by atoms with E-state index < -0.39 is 0 Å². The number of carbonyl (C=O) groups is 1. The maximum absolute atomic E-state index is 12.2. The smallest absolute Gasteiger partial charge is 0.269 e. The molecule has 0 unspecified atom stereocenters. The third kappa shape index (κ3) is 2.54. The van der Waals surface area contributed by atoms with Crippen LogP contribution in [0.5, 0.6) is 0 Å². The monoisotopic (exact) mass is 339 g/mol. The predicted molar refractivity (Wildman–Crippen MR) is 88.5 cm³/mol. The number of aromatic nitrogens is 6. The van der Waals surface area contributed by atoms with Crippen LogP contribution >= 0.6 is 11.3 Å². The van der Waals surface area contributed by atoms with E-state index in [-0.39, 0.29) is 12.5 Å². The zero-order valence-electron chi connectivity index (χ0n) is 12.7. The van der Waals surface area contributed by atoms with Gasteiger partial charge in [-0.3, -0.25) is 9.48 Å². The minimum atomic E-state index is -0.222. The van der Waals surface area contributed by atoms with Crippen molar-refractivity contribution in [1.82, 2.24) is 34.9 Å². The van der Waals surface area contributed by atoms with E-state index in [4.69, 9.17) is 0 Å². The second-order valence-corrected chi connectivity index (χ2v) is 5.92. The fraction of sp³-hybridized carbons (Fsp3) is 0.133. The molecule has 0 bridgehead atoms. The quantitative estimate of drug-likeness (QED) is 0.609. The van der Waals surface area contributed by atoms with Crippen LogP contribution in [0.15, 0.2) is 41.2 Å². The van der Waals surface area contributed by atoms with Gasteiger partial charge >= 0.3 is 0 Å². The maximum Gasteiger partial charge on any atom is 0.269 e. The molecule has 0 aromatic carbocycles. The fourth-order valence-corrected chi connectivity index (χ4v) is 3.00. The lowest BCUT2D eigenvalue weighted by Gasteiger charge is -2.04. The molecule has 24 heavy (non-hydrogen) atoms. The molecule has 0 saturated heterocycles. The number of aryl methyl sites for hydroxylation is 1. The van der Waals surface area contributed by atoms with Crippen LogP contribution in [0.25, 0.3) is 16.9 Å². The average molecular weight is 339 g/mol. The Morgan fingerprint density at radius 1 is 1.25 bits per heavy atom. The summed E-state index contributed by atoms with van der Waals surface area (Å²) in [4.78, 5) is 12.2. The lowest BCUT2D eigenvalue weighted by Crippen LogP contribution is -2.26. The summed E-state index contributed by atoms with van der Waals surface area (Å²) < 4.78 is 3.17. The Hall–Kier alpha value is -3.07. The summed E-state index contributed by atoms with van der Waals surface area (Å²) in [5, 5.41) is 23.6. The molecule has 9 heteroatoms. The summed E-state index contributed by atoms with van der Waals surface area (Å²) in [7, 11) is 1.72. The fourth-order valence-electron chi connectivity index (χ4n) is 2.35. The molecular formula is C15H13N7OS. The number of nitrogens with zero attached hydrogens (tertiary/aromatic N) is 6. The number of hydrogen-bond acceptors (Lipinski definition) is 6. The van der Waals surface area contributed by atoms with E-state index in [1.165, 1.54) is 4.68 Å². The van der Waals surface area contributed by atoms with E-state index in [0.29, 0.717) is 17.2 Å². The zero-order chi connectivity index (χ0) is 16.5. The summed E-state index contributed by atoms with van der Waals surface area (Å²) in [6.07, 6.45) is 1.58. The Balaban J connectivity index is 1.59. The molecule has 120 valence electrons.